The second-order valence-corrected chi connectivity index (χ2v) is 7.50. The maximum atomic E-state index is 12.6. The molecular weight excluding hydrogens is 522 g/mol. The van der Waals surface area contributed by atoms with Crippen LogP contribution in [0.25, 0.3) is 0 Å². The molecular formula is C21H26BrN9O4. The topological polar surface area (TPSA) is 194 Å². The highest BCUT2D eigenvalue weighted by Gasteiger charge is 2.17. The average Bonchev–Trinajstić information content (AvgIpc) is 3.47. The van der Waals surface area contributed by atoms with Crippen molar-refractivity contribution >= 4 is 47.0 Å². The summed E-state index contributed by atoms with van der Waals surface area (Å²) in [5, 5.41) is 15.9. The molecule has 3 aromatic rings. The van der Waals surface area contributed by atoms with E-state index in [2.05, 4.69) is 26.3 Å². The van der Waals surface area contributed by atoms with E-state index in [4.69, 9.17) is 11.1 Å². The number of hydrogen-bond donors (Lipinski definition) is 7. The Morgan fingerprint density at radius 3 is 2.23 bits per heavy atom. The number of aromatic amines is 1. The molecule has 3 aromatic heterocycles. The van der Waals surface area contributed by atoms with Crippen LogP contribution in [0.4, 0.5) is 17.1 Å². The summed E-state index contributed by atoms with van der Waals surface area (Å²) in [5.74, 6) is -0.980. The Kier molecular flexibility index (Phi) is 8.99. The standard InChI is InChI=1S/C21H25N9O4.BrH/c1-29-9-13(26-11-31)6-17(29)21(34)27-12-5-15(25-8-12)19(32)28-14-7-16(30(2)10-14)20(33)24-4-3-18(22)23;/h5-11,25H,3-4H2,1-2H3,(H3,22,23)(H,24,33)(H,26,31)(H,27,34)(H,28,32);1H. The molecule has 3 rings (SSSR count). The summed E-state index contributed by atoms with van der Waals surface area (Å²) in [7, 11) is 3.34. The number of amidine groups is 1. The number of nitrogens with two attached hydrogens (primary N) is 2. The van der Waals surface area contributed by atoms with Gasteiger partial charge in [-0.3, -0.25) is 30.3 Å². The van der Waals surface area contributed by atoms with E-state index in [1.165, 1.54) is 24.4 Å². The van der Waals surface area contributed by atoms with Crippen molar-refractivity contribution in [1.29, 1.82) is 0 Å². The van der Waals surface area contributed by atoms with Gasteiger partial charge in [-0.1, -0.05) is 0 Å². The van der Waals surface area contributed by atoms with Crippen LogP contribution in [-0.2, 0) is 18.9 Å². The number of hydrogen-bond acceptors (Lipinski definition) is 4. The van der Waals surface area contributed by atoms with Crippen LogP contribution in [0.1, 0.15) is 37.9 Å². The van der Waals surface area contributed by atoms with Gasteiger partial charge in [-0.25, -0.2) is 0 Å². The number of aryl methyl sites for hydroxylation is 2. The zero-order chi connectivity index (χ0) is 24.8. The molecule has 0 bridgehead atoms. The third-order valence-electron chi connectivity index (χ3n) is 4.84. The lowest BCUT2D eigenvalue weighted by atomic mass is 10.3. The van der Waals surface area contributed by atoms with Gasteiger partial charge in [-0.2, -0.15) is 0 Å². The van der Waals surface area contributed by atoms with Crippen LogP contribution in [0.2, 0.25) is 0 Å². The Bertz CT molecular complexity index is 1260. The summed E-state index contributed by atoms with van der Waals surface area (Å²) in [6.45, 7) is 0.294. The normalized spacial score (nSPS) is 10.1. The number of rotatable bonds is 10. The predicted octanol–water partition coefficient (Wildman–Crippen LogP) is -4.00. The summed E-state index contributed by atoms with van der Waals surface area (Å²) in [4.78, 5) is 50.8. The third-order valence-corrected chi connectivity index (χ3v) is 4.84. The number of aromatic nitrogens is 3. The van der Waals surface area contributed by atoms with Crippen molar-refractivity contribution in [3.63, 3.8) is 0 Å². The van der Waals surface area contributed by atoms with E-state index in [0.717, 1.165) is 0 Å². The zero-order valence-corrected chi connectivity index (χ0v) is 20.6. The minimum atomic E-state index is -0.458. The molecule has 4 amide bonds. The Hall–Kier alpha value is -4.33. The second kappa shape index (κ2) is 11.7. The van der Waals surface area contributed by atoms with Crippen LogP contribution < -0.4 is 49.4 Å². The minimum absolute atomic E-state index is 0. The Balaban J connectivity index is 0.00000432. The van der Waals surface area contributed by atoms with Gasteiger partial charge < -0.3 is 52.4 Å². The number of anilines is 3. The van der Waals surface area contributed by atoms with Crippen molar-refractivity contribution in [1.82, 2.24) is 19.4 Å². The quantitative estimate of drug-likeness (QED) is 0.0770. The average molecular weight is 548 g/mol. The Morgan fingerprint density at radius 2 is 1.57 bits per heavy atom. The smallest absolute Gasteiger partial charge is 0.272 e. The van der Waals surface area contributed by atoms with Crippen LogP contribution >= 0.6 is 0 Å². The molecule has 0 saturated heterocycles. The number of amides is 4. The molecule has 14 heteroatoms. The van der Waals surface area contributed by atoms with E-state index >= 15 is 0 Å². The van der Waals surface area contributed by atoms with E-state index in [-0.39, 0.29) is 34.4 Å². The van der Waals surface area contributed by atoms with Crippen LogP contribution in [0, 0.1) is 0 Å². The molecule has 35 heavy (non-hydrogen) atoms. The molecule has 3 heterocycles. The lowest BCUT2D eigenvalue weighted by Gasteiger charge is -2.03. The van der Waals surface area contributed by atoms with Gasteiger partial charge in [0.15, 0.2) is 0 Å². The van der Waals surface area contributed by atoms with Crippen molar-refractivity contribution in [3.8, 4) is 0 Å². The molecule has 0 saturated carbocycles. The van der Waals surface area contributed by atoms with Crippen molar-refractivity contribution < 1.29 is 41.6 Å². The Morgan fingerprint density at radius 1 is 0.971 bits per heavy atom. The highest BCUT2D eigenvalue weighted by molar-refractivity contribution is 6.07. The molecule has 0 radical (unpaired) electrons. The molecule has 0 unspecified atom stereocenters. The lowest BCUT2D eigenvalue weighted by molar-refractivity contribution is -0.117. The van der Waals surface area contributed by atoms with E-state index < -0.39 is 11.8 Å². The number of carbonyl (C=O) groups is 4. The van der Waals surface area contributed by atoms with Gasteiger partial charge in [-0.15, -0.1) is 0 Å². The fourth-order valence-corrected chi connectivity index (χ4v) is 3.20. The van der Waals surface area contributed by atoms with Crippen molar-refractivity contribution in [2.24, 2.45) is 19.8 Å². The van der Waals surface area contributed by atoms with E-state index in [0.29, 0.717) is 47.8 Å². The number of nitrogens with one attached hydrogen (secondary N) is 5. The first-order valence-corrected chi connectivity index (χ1v) is 10.2. The molecule has 0 spiro atoms. The van der Waals surface area contributed by atoms with Crippen LogP contribution in [-0.4, -0.2) is 50.6 Å². The van der Waals surface area contributed by atoms with Crippen molar-refractivity contribution in [3.05, 3.63) is 53.9 Å². The largest absolute Gasteiger partial charge is 1.00 e. The molecule has 13 nitrogen and oxygen atoms in total. The lowest BCUT2D eigenvalue weighted by Crippen LogP contribution is -3.00. The maximum absolute atomic E-state index is 12.6. The van der Waals surface area contributed by atoms with Gasteiger partial charge >= 0.3 is 0 Å². The van der Waals surface area contributed by atoms with E-state index in [9.17, 15) is 19.2 Å². The summed E-state index contributed by atoms with van der Waals surface area (Å²) in [5.41, 5.74) is 7.53. The highest BCUT2D eigenvalue weighted by Crippen LogP contribution is 2.18. The molecule has 0 atom stereocenters. The van der Waals surface area contributed by atoms with Gasteiger partial charge in [0.05, 0.1) is 23.5 Å². The van der Waals surface area contributed by atoms with E-state index in [1.54, 1.807) is 35.6 Å². The molecule has 0 aliphatic rings. The molecule has 0 fully saturated rings. The van der Waals surface area contributed by atoms with Gasteiger partial charge in [-0.05, 0) is 18.2 Å². The van der Waals surface area contributed by atoms with Crippen molar-refractivity contribution in [2.75, 3.05) is 22.5 Å². The van der Waals surface area contributed by atoms with Crippen LogP contribution in [0.15, 0.2) is 36.8 Å². The first kappa shape index (κ1) is 26.9. The number of H-pyrrole nitrogens is 1. The van der Waals surface area contributed by atoms with Crippen molar-refractivity contribution in [2.45, 2.75) is 6.42 Å². The molecule has 9 N–H and O–H groups in total. The van der Waals surface area contributed by atoms with Gasteiger partial charge in [0.2, 0.25) is 12.2 Å². The molecule has 0 aliphatic carbocycles. The molecule has 0 aliphatic heterocycles. The Labute approximate surface area is 210 Å². The first-order chi connectivity index (χ1) is 16.2. The molecule has 186 valence electrons. The number of halogens is 1. The summed E-state index contributed by atoms with van der Waals surface area (Å²) in [6.07, 6.45) is 5.55. The zero-order valence-electron chi connectivity index (χ0n) is 19.0. The third kappa shape index (κ3) is 6.83. The van der Waals surface area contributed by atoms with Crippen LogP contribution in [0.5, 0.6) is 0 Å². The monoisotopic (exact) mass is 547 g/mol. The molecule has 0 aromatic carbocycles. The fraction of sp³-hybridized carbons (Fsp3) is 0.190. The summed E-state index contributed by atoms with van der Waals surface area (Å²) in [6, 6.07) is 4.54. The number of nitrogens with zero attached hydrogens (tertiary/aromatic N) is 2. The first-order valence-electron chi connectivity index (χ1n) is 10.2. The second-order valence-electron chi connectivity index (χ2n) is 7.50. The maximum Gasteiger partial charge on any atom is 0.272 e. The fourth-order valence-electron chi connectivity index (χ4n) is 3.20. The summed E-state index contributed by atoms with van der Waals surface area (Å²) < 4.78 is 3.14. The highest BCUT2D eigenvalue weighted by atomic mass is 79.9. The summed E-state index contributed by atoms with van der Waals surface area (Å²) >= 11 is 0. The van der Waals surface area contributed by atoms with Gasteiger partial charge in [0.1, 0.15) is 17.1 Å². The van der Waals surface area contributed by atoms with Gasteiger partial charge in [0, 0.05) is 39.2 Å². The van der Waals surface area contributed by atoms with Gasteiger partial charge in [0.25, 0.3) is 17.7 Å². The minimum Gasteiger partial charge on any atom is -1.00 e. The number of carbonyl (C=O) groups excluding carboxylic acids is 4. The predicted molar refractivity (Wildman–Crippen MR) is 125 cm³/mol. The van der Waals surface area contributed by atoms with E-state index in [1.807, 2.05) is 0 Å². The van der Waals surface area contributed by atoms with Crippen LogP contribution in [0.3, 0.4) is 0 Å². The SMILES string of the molecule is Cn1cc(NC(=O)c2cc(NC(=O)c3cc(NC=O)cn3C)c[nH]2)cc1C(=O)NCCC(N)=[NH2+].[Br-].